The second-order valence-corrected chi connectivity index (χ2v) is 5.58. The molecule has 0 aromatic heterocycles. The Hall–Kier alpha value is -1.39. The molecule has 2 rings (SSSR count). The maximum Gasteiger partial charge on any atom is 0.239 e. The summed E-state index contributed by atoms with van der Waals surface area (Å²) in [5, 5.41) is 0. The van der Waals surface area contributed by atoms with Crippen LogP contribution in [0, 0.1) is 0 Å². The first-order chi connectivity index (χ1) is 9.61. The van der Waals surface area contributed by atoms with Crippen LogP contribution in [-0.2, 0) is 11.3 Å². The fraction of sp³-hybridized carbons (Fsp3) is 0.562. The van der Waals surface area contributed by atoms with E-state index in [0.29, 0.717) is 6.04 Å². The molecule has 20 heavy (non-hydrogen) atoms. The largest absolute Gasteiger partial charge is 0.337 e. The molecule has 1 saturated heterocycles. The minimum Gasteiger partial charge on any atom is -0.337 e. The van der Waals surface area contributed by atoms with E-state index in [1.54, 1.807) is 6.92 Å². The van der Waals surface area contributed by atoms with E-state index in [1.165, 1.54) is 5.56 Å². The minimum atomic E-state index is -0.405. The maximum absolute atomic E-state index is 12.1. The third-order valence-corrected chi connectivity index (χ3v) is 3.95. The summed E-state index contributed by atoms with van der Waals surface area (Å²) in [6.07, 6.45) is 1.04. The second-order valence-electron chi connectivity index (χ2n) is 5.58. The summed E-state index contributed by atoms with van der Waals surface area (Å²) in [5.74, 6) is 0.0686. The number of likely N-dealkylation sites (N-methyl/N-ethyl adjacent to an activating group) is 1. The fourth-order valence-corrected chi connectivity index (χ4v) is 2.91. The molecule has 0 bridgehead atoms. The van der Waals surface area contributed by atoms with Crippen LogP contribution in [0.2, 0.25) is 0 Å². The van der Waals surface area contributed by atoms with Crippen molar-refractivity contribution in [3.05, 3.63) is 35.9 Å². The molecule has 0 radical (unpaired) electrons. The number of rotatable bonds is 5. The highest BCUT2D eigenvalue weighted by molar-refractivity contribution is 5.81. The SMILES string of the molecule is CCN(C(=O)[C@H](C)N)[C@@H]1CCN(Cc2ccccc2)C1. The third kappa shape index (κ3) is 3.58. The Morgan fingerprint density at radius 1 is 1.45 bits per heavy atom. The summed E-state index contributed by atoms with van der Waals surface area (Å²) < 4.78 is 0. The van der Waals surface area contributed by atoms with Crippen molar-refractivity contribution >= 4 is 5.91 Å². The van der Waals surface area contributed by atoms with E-state index >= 15 is 0 Å². The fourth-order valence-electron chi connectivity index (χ4n) is 2.91. The smallest absolute Gasteiger partial charge is 0.239 e. The lowest BCUT2D eigenvalue weighted by Crippen LogP contribution is -2.48. The molecule has 1 aromatic rings. The Labute approximate surface area is 121 Å². The molecule has 2 N–H and O–H groups in total. The number of hydrogen-bond donors (Lipinski definition) is 1. The van der Waals surface area contributed by atoms with E-state index in [1.807, 2.05) is 17.9 Å². The summed E-state index contributed by atoms with van der Waals surface area (Å²) in [6.45, 7) is 7.48. The Bertz CT molecular complexity index is 433. The van der Waals surface area contributed by atoms with Crippen LogP contribution in [0.1, 0.15) is 25.8 Å². The summed E-state index contributed by atoms with van der Waals surface area (Å²) in [5.41, 5.74) is 7.06. The van der Waals surface area contributed by atoms with Gasteiger partial charge < -0.3 is 10.6 Å². The van der Waals surface area contributed by atoms with E-state index in [4.69, 9.17) is 5.73 Å². The van der Waals surface area contributed by atoms with Gasteiger partial charge in [-0.25, -0.2) is 0 Å². The Morgan fingerprint density at radius 3 is 2.75 bits per heavy atom. The number of carbonyl (C=O) groups is 1. The van der Waals surface area contributed by atoms with Gasteiger partial charge in [0.25, 0.3) is 0 Å². The van der Waals surface area contributed by atoms with E-state index in [0.717, 1.165) is 32.6 Å². The molecule has 0 spiro atoms. The van der Waals surface area contributed by atoms with Gasteiger partial charge in [0.15, 0.2) is 0 Å². The molecule has 0 aliphatic carbocycles. The molecule has 1 aromatic carbocycles. The lowest BCUT2D eigenvalue weighted by molar-refractivity contribution is -0.134. The Kier molecular flexibility index (Phi) is 5.15. The first-order valence-corrected chi connectivity index (χ1v) is 7.44. The van der Waals surface area contributed by atoms with Gasteiger partial charge >= 0.3 is 0 Å². The van der Waals surface area contributed by atoms with Crippen LogP contribution in [0.25, 0.3) is 0 Å². The van der Waals surface area contributed by atoms with Crippen LogP contribution in [0.3, 0.4) is 0 Å². The quantitative estimate of drug-likeness (QED) is 0.885. The zero-order chi connectivity index (χ0) is 14.5. The van der Waals surface area contributed by atoms with Crippen molar-refractivity contribution in [1.29, 1.82) is 0 Å². The molecule has 0 saturated carbocycles. The lowest BCUT2D eigenvalue weighted by atomic mass is 10.2. The molecule has 2 atom stereocenters. The van der Waals surface area contributed by atoms with Gasteiger partial charge in [0.2, 0.25) is 5.91 Å². The van der Waals surface area contributed by atoms with Crippen LogP contribution in [0.15, 0.2) is 30.3 Å². The molecule has 1 heterocycles. The van der Waals surface area contributed by atoms with E-state index in [9.17, 15) is 4.79 Å². The highest BCUT2D eigenvalue weighted by Crippen LogP contribution is 2.18. The number of amides is 1. The molecule has 1 fully saturated rings. The van der Waals surface area contributed by atoms with Crippen LogP contribution in [0.5, 0.6) is 0 Å². The van der Waals surface area contributed by atoms with Crippen LogP contribution in [0.4, 0.5) is 0 Å². The molecular formula is C16H25N3O. The molecule has 1 amide bonds. The zero-order valence-electron chi connectivity index (χ0n) is 12.5. The second kappa shape index (κ2) is 6.86. The Balaban J connectivity index is 1.92. The third-order valence-electron chi connectivity index (χ3n) is 3.95. The predicted octanol–water partition coefficient (Wildman–Crippen LogP) is 1.46. The topological polar surface area (TPSA) is 49.6 Å². The van der Waals surface area contributed by atoms with Crippen molar-refractivity contribution < 1.29 is 4.79 Å². The first-order valence-electron chi connectivity index (χ1n) is 7.44. The van der Waals surface area contributed by atoms with Gasteiger partial charge in [0.05, 0.1) is 6.04 Å². The molecule has 1 aliphatic rings. The van der Waals surface area contributed by atoms with Crippen LogP contribution < -0.4 is 5.73 Å². The highest BCUT2D eigenvalue weighted by Gasteiger charge is 2.30. The molecule has 1 aliphatic heterocycles. The first kappa shape index (κ1) is 15.0. The number of hydrogen-bond acceptors (Lipinski definition) is 3. The standard InChI is InChI=1S/C16H25N3O/c1-3-19(16(20)13(2)17)15-9-10-18(12-15)11-14-7-5-4-6-8-14/h4-8,13,15H,3,9-12,17H2,1-2H3/t13-,15+/m0/s1. The van der Waals surface area contributed by atoms with Crippen LogP contribution in [-0.4, -0.2) is 47.4 Å². The van der Waals surface area contributed by atoms with Crippen molar-refractivity contribution in [1.82, 2.24) is 9.80 Å². The summed E-state index contributed by atoms with van der Waals surface area (Å²) in [7, 11) is 0. The zero-order valence-corrected chi connectivity index (χ0v) is 12.5. The van der Waals surface area contributed by atoms with E-state index in [-0.39, 0.29) is 5.91 Å². The van der Waals surface area contributed by atoms with Gasteiger partial charge in [-0.05, 0) is 25.8 Å². The molecule has 110 valence electrons. The summed E-state index contributed by atoms with van der Waals surface area (Å²) >= 11 is 0. The van der Waals surface area contributed by atoms with Crippen molar-refractivity contribution in [2.24, 2.45) is 5.73 Å². The monoisotopic (exact) mass is 275 g/mol. The van der Waals surface area contributed by atoms with Gasteiger partial charge in [0, 0.05) is 32.2 Å². The lowest BCUT2D eigenvalue weighted by Gasteiger charge is -2.29. The average Bonchev–Trinajstić information content (AvgIpc) is 2.89. The number of carbonyl (C=O) groups excluding carboxylic acids is 1. The van der Waals surface area contributed by atoms with Gasteiger partial charge in [-0.1, -0.05) is 30.3 Å². The van der Waals surface area contributed by atoms with E-state index < -0.39 is 6.04 Å². The number of likely N-dealkylation sites (tertiary alicyclic amines) is 1. The van der Waals surface area contributed by atoms with Gasteiger partial charge in [-0.2, -0.15) is 0 Å². The van der Waals surface area contributed by atoms with Crippen molar-refractivity contribution in [3.63, 3.8) is 0 Å². The van der Waals surface area contributed by atoms with Gasteiger partial charge in [0.1, 0.15) is 0 Å². The highest BCUT2D eigenvalue weighted by atomic mass is 16.2. The van der Waals surface area contributed by atoms with Crippen molar-refractivity contribution in [3.8, 4) is 0 Å². The number of nitrogens with two attached hydrogens (primary N) is 1. The molecule has 4 nitrogen and oxygen atoms in total. The van der Waals surface area contributed by atoms with Gasteiger partial charge in [-0.15, -0.1) is 0 Å². The molecule has 0 unspecified atom stereocenters. The summed E-state index contributed by atoms with van der Waals surface area (Å²) in [4.78, 5) is 16.5. The molecular weight excluding hydrogens is 250 g/mol. The van der Waals surface area contributed by atoms with Crippen molar-refractivity contribution in [2.45, 2.75) is 38.9 Å². The van der Waals surface area contributed by atoms with Crippen molar-refractivity contribution in [2.75, 3.05) is 19.6 Å². The normalized spacial score (nSPS) is 20.9. The minimum absolute atomic E-state index is 0.0686. The predicted molar refractivity (Wildman–Crippen MR) is 81.2 cm³/mol. The van der Waals surface area contributed by atoms with E-state index in [2.05, 4.69) is 29.2 Å². The number of benzene rings is 1. The summed E-state index contributed by atoms with van der Waals surface area (Å²) in [6, 6.07) is 10.4. The van der Waals surface area contributed by atoms with Gasteiger partial charge in [-0.3, -0.25) is 9.69 Å². The van der Waals surface area contributed by atoms with Crippen LogP contribution >= 0.6 is 0 Å². The average molecular weight is 275 g/mol. The Morgan fingerprint density at radius 2 is 2.15 bits per heavy atom. The molecule has 4 heteroatoms. The number of nitrogens with zero attached hydrogens (tertiary/aromatic N) is 2. The maximum atomic E-state index is 12.1.